The molecule has 6 rings (SSSR count). The molecule has 0 saturated carbocycles. The van der Waals surface area contributed by atoms with E-state index in [1.165, 1.54) is 0 Å². The summed E-state index contributed by atoms with van der Waals surface area (Å²) in [5.41, 5.74) is 3.67. The van der Waals surface area contributed by atoms with Crippen molar-refractivity contribution >= 4 is 22.6 Å². The van der Waals surface area contributed by atoms with Crippen LogP contribution in [0.25, 0.3) is 22.0 Å². The number of hydrogen-bond donors (Lipinski definition) is 1. The molecular formula is C35H35N5O4. The number of benzene rings is 4. The van der Waals surface area contributed by atoms with Crippen molar-refractivity contribution < 1.29 is 18.8 Å². The Bertz CT molecular complexity index is 1720. The number of carbonyl (C=O) groups is 2. The van der Waals surface area contributed by atoms with Gasteiger partial charge in [-0.25, -0.2) is 10.0 Å². The van der Waals surface area contributed by atoms with Gasteiger partial charge < -0.3 is 19.5 Å². The van der Waals surface area contributed by atoms with Crippen LogP contribution in [0.4, 0.5) is 0 Å². The zero-order valence-corrected chi connectivity index (χ0v) is 24.7. The van der Waals surface area contributed by atoms with Gasteiger partial charge in [0.15, 0.2) is 5.76 Å². The average molecular weight is 590 g/mol. The molecule has 9 heteroatoms. The van der Waals surface area contributed by atoms with Crippen molar-refractivity contribution in [2.45, 2.75) is 19.6 Å². The first-order valence-corrected chi connectivity index (χ1v) is 14.7. The minimum Gasteiger partial charge on any atom is -0.497 e. The van der Waals surface area contributed by atoms with Crippen molar-refractivity contribution in [2.24, 2.45) is 0 Å². The van der Waals surface area contributed by atoms with E-state index in [1.54, 1.807) is 7.11 Å². The van der Waals surface area contributed by atoms with Crippen LogP contribution in [0.15, 0.2) is 108 Å². The molecule has 0 atom stereocenters. The van der Waals surface area contributed by atoms with Crippen molar-refractivity contribution in [3.8, 4) is 17.0 Å². The molecule has 0 bridgehead atoms. The topological polar surface area (TPSA) is 91.2 Å². The highest BCUT2D eigenvalue weighted by atomic mass is 16.5. The third kappa shape index (κ3) is 6.96. The Morgan fingerprint density at radius 3 is 2.39 bits per heavy atom. The zero-order valence-electron chi connectivity index (χ0n) is 24.7. The molecule has 5 aromatic rings. The highest BCUT2D eigenvalue weighted by Gasteiger charge is 2.27. The summed E-state index contributed by atoms with van der Waals surface area (Å²) in [6.07, 6.45) is 0. The van der Waals surface area contributed by atoms with Gasteiger partial charge in [-0.1, -0.05) is 78.0 Å². The lowest BCUT2D eigenvalue weighted by Crippen LogP contribution is -2.53. The summed E-state index contributed by atoms with van der Waals surface area (Å²) in [6.45, 7) is 2.12. The quantitative estimate of drug-likeness (QED) is 0.276. The fourth-order valence-electron chi connectivity index (χ4n) is 5.51. The second-order valence-electron chi connectivity index (χ2n) is 10.8. The Labute approximate surface area is 256 Å². The van der Waals surface area contributed by atoms with Gasteiger partial charge in [0.2, 0.25) is 11.8 Å². The van der Waals surface area contributed by atoms with Crippen LogP contribution < -0.4 is 10.1 Å². The number of hydrazine groups is 1. The summed E-state index contributed by atoms with van der Waals surface area (Å²) in [5.74, 6) is 1.19. The van der Waals surface area contributed by atoms with Crippen LogP contribution in [0.1, 0.15) is 16.9 Å². The lowest BCUT2D eigenvalue weighted by molar-refractivity contribution is -0.146. The number of fused-ring (bicyclic) bond motifs is 1. The van der Waals surface area contributed by atoms with Gasteiger partial charge in [-0.15, -0.1) is 0 Å². The van der Waals surface area contributed by atoms with Gasteiger partial charge in [0, 0.05) is 37.8 Å². The van der Waals surface area contributed by atoms with Gasteiger partial charge in [0.05, 0.1) is 26.7 Å². The van der Waals surface area contributed by atoms with Gasteiger partial charge >= 0.3 is 0 Å². The lowest BCUT2D eigenvalue weighted by atomic mass is 10.0. The highest BCUT2D eigenvalue weighted by Crippen LogP contribution is 2.24. The number of carbonyl (C=O) groups excluding carboxylic acids is 2. The molecule has 1 N–H and O–H groups in total. The molecule has 44 heavy (non-hydrogen) atoms. The molecule has 1 fully saturated rings. The molecular weight excluding hydrogens is 554 g/mol. The minimum atomic E-state index is -0.127. The first-order valence-electron chi connectivity index (χ1n) is 14.7. The maximum Gasteiger partial charge on any atom is 0.238 e. The molecule has 1 aliphatic rings. The summed E-state index contributed by atoms with van der Waals surface area (Å²) in [6, 6.07) is 33.7. The maximum atomic E-state index is 14.0. The standard InChI is InChI=1S/C35H35N5O4/c1-43-30-16-14-28(15-17-30)33-20-31(44-37-33)23-40-24-34(41)36-18-19-38(22-29-12-7-11-27-10-5-6-13-32(27)29)35(42)25-39(40)21-26-8-3-2-4-9-26/h2-17,20H,18-19,21-25H2,1H3,(H,36,41). The molecule has 224 valence electrons. The number of ether oxygens (including phenoxy) is 1. The largest absolute Gasteiger partial charge is 0.497 e. The van der Waals surface area contributed by atoms with E-state index in [4.69, 9.17) is 9.26 Å². The number of rotatable bonds is 8. The Morgan fingerprint density at radius 2 is 1.57 bits per heavy atom. The lowest BCUT2D eigenvalue weighted by Gasteiger charge is -2.36. The molecule has 0 radical (unpaired) electrons. The first kappa shape index (κ1) is 29.1. The number of hydrogen-bond acceptors (Lipinski definition) is 7. The van der Waals surface area contributed by atoms with Crippen molar-refractivity contribution in [1.29, 1.82) is 0 Å². The van der Waals surface area contributed by atoms with Crippen molar-refractivity contribution in [2.75, 3.05) is 33.3 Å². The van der Waals surface area contributed by atoms with Crippen molar-refractivity contribution in [3.05, 3.63) is 120 Å². The fourth-order valence-corrected chi connectivity index (χ4v) is 5.51. The smallest absolute Gasteiger partial charge is 0.238 e. The molecule has 9 nitrogen and oxygen atoms in total. The molecule has 2 amide bonds. The Kier molecular flexibility index (Phi) is 8.95. The number of aromatic nitrogens is 1. The van der Waals surface area contributed by atoms with Crippen LogP contribution in [-0.4, -0.2) is 65.2 Å². The van der Waals surface area contributed by atoms with Gasteiger partial charge in [-0.2, -0.15) is 0 Å². The number of nitrogens with zero attached hydrogens (tertiary/aromatic N) is 4. The zero-order chi connectivity index (χ0) is 30.3. The Morgan fingerprint density at radius 1 is 0.818 bits per heavy atom. The van der Waals surface area contributed by atoms with Crippen LogP contribution in [0.2, 0.25) is 0 Å². The van der Waals surface area contributed by atoms with E-state index in [0.717, 1.165) is 33.2 Å². The third-order valence-electron chi connectivity index (χ3n) is 7.83. The van der Waals surface area contributed by atoms with E-state index in [9.17, 15) is 9.59 Å². The molecule has 1 aliphatic heterocycles. The molecule has 2 heterocycles. The fraction of sp³-hybridized carbons (Fsp3) is 0.229. The second-order valence-corrected chi connectivity index (χ2v) is 10.8. The Hall–Kier alpha value is -4.99. The van der Waals surface area contributed by atoms with Crippen LogP contribution in [0.3, 0.4) is 0 Å². The average Bonchev–Trinajstić information content (AvgIpc) is 3.52. The Balaban J connectivity index is 1.27. The van der Waals surface area contributed by atoms with E-state index in [2.05, 4.69) is 34.7 Å². The van der Waals surface area contributed by atoms with Gasteiger partial charge in [0.1, 0.15) is 11.4 Å². The number of methoxy groups -OCH3 is 1. The van der Waals surface area contributed by atoms with Crippen molar-refractivity contribution in [3.63, 3.8) is 0 Å². The number of amides is 2. The summed E-state index contributed by atoms with van der Waals surface area (Å²) in [5, 5.41) is 13.3. The number of nitrogens with one attached hydrogen (secondary N) is 1. The summed E-state index contributed by atoms with van der Waals surface area (Å²) in [7, 11) is 1.63. The van der Waals surface area contributed by atoms with E-state index in [1.807, 2.05) is 93.8 Å². The normalized spacial score (nSPS) is 15.3. The predicted octanol–water partition coefficient (Wildman–Crippen LogP) is 4.88. The molecule has 4 aromatic carbocycles. The van der Waals surface area contributed by atoms with E-state index in [0.29, 0.717) is 37.6 Å². The first-order chi connectivity index (χ1) is 21.6. The van der Waals surface area contributed by atoms with Crippen LogP contribution in [0, 0.1) is 0 Å². The molecule has 0 spiro atoms. The molecule has 0 unspecified atom stereocenters. The SMILES string of the molecule is COc1ccc(-c2cc(CN3CC(=O)NCCN(Cc4cccc5ccccc45)C(=O)CN3Cc3ccccc3)on2)cc1. The minimum absolute atomic E-state index is 0.0218. The summed E-state index contributed by atoms with van der Waals surface area (Å²) in [4.78, 5) is 29.0. The predicted molar refractivity (Wildman–Crippen MR) is 168 cm³/mol. The third-order valence-corrected chi connectivity index (χ3v) is 7.83. The van der Waals surface area contributed by atoms with Crippen LogP contribution in [-0.2, 0) is 29.2 Å². The van der Waals surface area contributed by atoms with Crippen LogP contribution in [0.5, 0.6) is 5.75 Å². The highest BCUT2D eigenvalue weighted by molar-refractivity contribution is 5.86. The monoisotopic (exact) mass is 589 g/mol. The van der Waals surface area contributed by atoms with Gasteiger partial charge in [-0.05, 0) is 46.2 Å². The van der Waals surface area contributed by atoms with E-state index < -0.39 is 0 Å². The van der Waals surface area contributed by atoms with Crippen LogP contribution >= 0.6 is 0 Å². The maximum absolute atomic E-state index is 14.0. The van der Waals surface area contributed by atoms with Gasteiger partial charge in [0.25, 0.3) is 0 Å². The van der Waals surface area contributed by atoms with Gasteiger partial charge in [-0.3, -0.25) is 9.59 Å². The second kappa shape index (κ2) is 13.5. The summed E-state index contributed by atoms with van der Waals surface area (Å²) < 4.78 is 11.0. The van der Waals surface area contributed by atoms with E-state index in [-0.39, 0.29) is 31.4 Å². The van der Waals surface area contributed by atoms with Crippen molar-refractivity contribution in [1.82, 2.24) is 25.4 Å². The molecule has 0 aliphatic carbocycles. The molecule has 1 aromatic heterocycles. The van der Waals surface area contributed by atoms with E-state index >= 15 is 0 Å². The summed E-state index contributed by atoms with van der Waals surface area (Å²) >= 11 is 0. The molecule has 1 saturated heterocycles.